The summed E-state index contributed by atoms with van der Waals surface area (Å²) in [4.78, 5) is 26.1. The molecule has 0 atom stereocenters. The molecule has 0 aliphatic carbocycles. The van der Waals surface area contributed by atoms with Crippen molar-refractivity contribution in [2.75, 3.05) is 5.32 Å². The zero-order chi connectivity index (χ0) is 14.7. The maximum atomic E-state index is 11.4. The molecule has 8 heteroatoms. The van der Waals surface area contributed by atoms with E-state index in [0.29, 0.717) is 16.4 Å². The van der Waals surface area contributed by atoms with Crippen LogP contribution in [-0.4, -0.2) is 27.0 Å². The minimum Gasteiger partial charge on any atom is -0.508 e. The molecule has 0 radical (unpaired) electrons. The van der Waals surface area contributed by atoms with E-state index in [0.717, 1.165) is 11.3 Å². The largest absolute Gasteiger partial charge is 0.508 e. The first-order valence-electron chi connectivity index (χ1n) is 5.51. The fraction of sp³-hybridized carbons (Fsp3) is 0.0833. The second-order valence-electron chi connectivity index (χ2n) is 3.93. The standard InChI is InChI=1S/C12H11N3O4S/c13-10(18)4-11(19)15-12-14-8(5-20-12)7-2-1-6(16)3-9(7)17/h1-3,5,16-17H,4H2,(H2,13,18)(H,14,15,19). The molecule has 0 aliphatic rings. The van der Waals surface area contributed by atoms with E-state index in [1.165, 1.54) is 18.2 Å². The molecule has 0 aliphatic heterocycles. The molecule has 0 fully saturated rings. The molecule has 5 N–H and O–H groups in total. The van der Waals surface area contributed by atoms with Crippen LogP contribution in [-0.2, 0) is 9.59 Å². The number of rotatable bonds is 4. The summed E-state index contributed by atoms with van der Waals surface area (Å²) in [5.74, 6) is -1.45. The summed E-state index contributed by atoms with van der Waals surface area (Å²) >= 11 is 1.14. The predicted molar refractivity (Wildman–Crippen MR) is 73.3 cm³/mol. The predicted octanol–water partition coefficient (Wildman–Crippen LogP) is 1.04. The number of thiazole rings is 1. The van der Waals surface area contributed by atoms with Gasteiger partial charge in [-0.1, -0.05) is 0 Å². The first kappa shape index (κ1) is 13.8. The number of phenols is 2. The highest BCUT2D eigenvalue weighted by Gasteiger charge is 2.12. The molecule has 20 heavy (non-hydrogen) atoms. The molecule has 0 bridgehead atoms. The lowest BCUT2D eigenvalue weighted by Crippen LogP contribution is -2.21. The van der Waals surface area contributed by atoms with Gasteiger partial charge in [0.15, 0.2) is 5.13 Å². The van der Waals surface area contributed by atoms with Gasteiger partial charge in [0.1, 0.15) is 17.9 Å². The van der Waals surface area contributed by atoms with Crippen molar-refractivity contribution in [3.05, 3.63) is 23.6 Å². The Labute approximate surface area is 117 Å². The van der Waals surface area contributed by atoms with Crippen molar-refractivity contribution in [1.29, 1.82) is 0 Å². The number of aromatic hydroxyl groups is 2. The lowest BCUT2D eigenvalue weighted by molar-refractivity contribution is -0.124. The minimum absolute atomic E-state index is 0.0588. The Morgan fingerprint density at radius 3 is 2.75 bits per heavy atom. The van der Waals surface area contributed by atoms with E-state index in [2.05, 4.69) is 10.3 Å². The number of benzene rings is 1. The molecule has 0 spiro atoms. The van der Waals surface area contributed by atoms with Crippen LogP contribution in [0.25, 0.3) is 11.3 Å². The topological polar surface area (TPSA) is 126 Å². The van der Waals surface area contributed by atoms with Crippen LogP contribution in [0, 0.1) is 0 Å². The van der Waals surface area contributed by atoms with Gasteiger partial charge in [0, 0.05) is 17.0 Å². The number of amides is 2. The van der Waals surface area contributed by atoms with Crippen molar-refractivity contribution in [3.8, 4) is 22.8 Å². The summed E-state index contributed by atoms with van der Waals surface area (Å²) < 4.78 is 0. The number of phenolic OH excluding ortho intramolecular Hbond substituents is 2. The SMILES string of the molecule is NC(=O)CC(=O)Nc1nc(-c2ccc(O)cc2O)cs1. The van der Waals surface area contributed by atoms with Gasteiger partial charge in [-0.05, 0) is 12.1 Å². The monoisotopic (exact) mass is 293 g/mol. The molecule has 104 valence electrons. The van der Waals surface area contributed by atoms with Crippen molar-refractivity contribution in [1.82, 2.24) is 4.98 Å². The molecular weight excluding hydrogens is 282 g/mol. The van der Waals surface area contributed by atoms with Crippen molar-refractivity contribution in [3.63, 3.8) is 0 Å². The third-order valence-corrected chi connectivity index (χ3v) is 3.10. The van der Waals surface area contributed by atoms with E-state index < -0.39 is 18.2 Å². The molecule has 0 saturated carbocycles. The van der Waals surface area contributed by atoms with Crippen molar-refractivity contribution >= 4 is 28.3 Å². The van der Waals surface area contributed by atoms with E-state index in [9.17, 15) is 19.8 Å². The molecule has 2 amide bonds. The molecule has 1 heterocycles. The average Bonchev–Trinajstić information content (AvgIpc) is 2.75. The Morgan fingerprint density at radius 1 is 1.35 bits per heavy atom. The van der Waals surface area contributed by atoms with Crippen molar-refractivity contribution < 1.29 is 19.8 Å². The van der Waals surface area contributed by atoms with Gasteiger partial charge in [-0.2, -0.15) is 0 Å². The Hall–Kier alpha value is -2.61. The number of anilines is 1. The van der Waals surface area contributed by atoms with Crippen LogP contribution in [0.15, 0.2) is 23.6 Å². The number of hydrogen-bond donors (Lipinski definition) is 4. The summed E-state index contributed by atoms with van der Waals surface area (Å²) in [6, 6.07) is 4.12. The van der Waals surface area contributed by atoms with Crippen LogP contribution in [0.1, 0.15) is 6.42 Å². The fourth-order valence-corrected chi connectivity index (χ4v) is 2.24. The molecule has 2 rings (SSSR count). The van der Waals surface area contributed by atoms with Crippen LogP contribution in [0.2, 0.25) is 0 Å². The number of nitrogens with zero attached hydrogens (tertiary/aromatic N) is 1. The Kier molecular flexibility index (Phi) is 3.85. The van der Waals surface area contributed by atoms with Crippen LogP contribution < -0.4 is 11.1 Å². The van der Waals surface area contributed by atoms with Gasteiger partial charge < -0.3 is 21.3 Å². The summed E-state index contributed by atoms with van der Waals surface area (Å²) in [6.45, 7) is 0. The second kappa shape index (κ2) is 5.57. The van der Waals surface area contributed by atoms with Gasteiger partial charge >= 0.3 is 0 Å². The normalized spacial score (nSPS) is 10.2. The summed E-state index contributed by atoms with van der Waals surface area (Å²) in [5.41, 5.74) is 5.78. The van der Waals surface area contributed by atoms with Gasteiger partial charge in [-0.25, -0.2) is 4.98 Å². The lowest BCUT2D eigenvalue weighted by Gasteiger charge is -2.01. The van der Waals surface area contributed by atoms with Crippen LogP contribution in [0.4, 0.5) is 5.13 Å². The van der Waals surface area contributed by atoms with E-state index in [1.807, 2.05) is 0 Å². The second-order valence-corrected chi connectivity index (χ2v) is 4.79. The zero-order valence-corrected chi connectivity index (χ0v) is 11.0. The molecule has 7 nitrogen and oxygen atoms in total. The van der Waals surface area contributed by atoms with E-state index in [-0.39, 0.29) is 11.5 Å². The smallest absolute Gasteiger partial charge is 0.235 e. The Bertz CT molecular complexity index is 668. The maximum absolute atomic E-state index is 11.4. The fourth-order valence-electron chi connectivity index (χ4n) is 1.51. The van der Waals surface area contributed by atoms with Gasteiger partial charge in [0.05, 0.1) is 5.69 Å². The highest BCUT2D eigenvalue weighted by Crippen LogP contribution is 2.33. The van der Waals surface area contributed by atoms with Crippen molar-refractivity contribution in [2.24, 2.45) is 5.73 Å². The van der Waals surface area contributed by atoms with Gasteiger partial charge in [-0.3, -0.25) is 9.59 Å². The first-order valence-corrected chi connectivity index (χ1v) is 6.39. The number of carbonyl (C=O) groups excluding carboxylic acids is 2. The Balaban J connectivity index is 2.16. The number of carbonyl (C=O) groups is 2. The third-order valence-electron chi connectivity index (χ3n) is 2.34. The highest BCUT2D eigenvalue weighted by atomic mass is 32.1. The molecular formula is C12H11N3O4S. The number of hydrogen-bond acceptors (Lipinski definition) is 6. The van der Waals surface area contributed by atoms with Gasteiger partial charge in [0.25, 0.3) is 0 Å². The third kappa shape index (κ3) is 3.23. The van der Waals surface area contributed by atoms with Gasteiger partial charge in [-0.15, -0.1) is 11.3 Å². The summed E-state index contributed by atoms with van der Waals surface area (Å²) in [7, 11) is 0. The maximum Gasteiger partial charge on any atom is 0.235 e. The zero-order valence-electron chi connectivity index (χ0n) is 10.2. The average molecular weight is 293 g/mol. The number of nitrogens with one attached hydrogen (secondary N) is 1. The van der Waals surface area contributed by atoms with E-state index in [1.54, 1.807) is 5.38 Å². The first-order chi connectivity index (χ1) is 9.45. The van der Waals surface area contributed by atoms with Gasteiger partial charge in [0.2, 0.25) is 11.8 Å². The Morgan fingerprint density at radius 2 is 2.10 bits per heavy atom. The molecule has 1 aromatic carbocycles. The highest BCUT2D eigenvalue weighted by molar-refractivity contribution is 7.14. The van der Waals surface area contributed by atoms with Crippen LogP contribution in [0.3, 0.4) is 0 Å². The molecule has 1 aromatic heterocycles. The lowest BCUT2D eigenvalue weighted by atomic mass is 10.1. The van der Waals surface area contributed by atoms with E-state index in [4.69, 9.17) is 5.73 Å². The number of primary amides is 1. The summed E-state index contributed by atoms with van der Waals surface area (Å²) in [5, 5.41) is 23.3. The molecule has 0 saturated heterocycles. The van der Waals surface area contributed by atoms with Crippen molar-refractivity contribution in [2.45, 2.75) is 6.42 Å². The summed E-state index contributed by atoms with van der Waals surface area (Å²) in [6.07, 6.45) is -0.417. The molecule has 2 aromatic rings. The number of nitrogens with two attached hydrogens (primary N) is 1. The van der Waals surface area contributed by atoms with Crippen LogP contribution in [0.5, 0.6) is 11.5 Å². The van der Waals surface area contributed by atoms with Crippen LogP contribution >= 0.6 is 11.3 Å². The van der Waals surface area contributed by atoms with E-state index >= 15 is 0 Å². The minimum atomic E-state index is -0.726. The number of aromatic nitrogens is 1. The quantitative estimate of drug-likeness (QED) is 0.626. The molecule has 0 unspecified atom stereocenters.